The Balaban J connectivity index is -0.000000901. The van der Waals surface area contributed by atoms with Gasteiger partial charge in [0.1, 0.15) is 0 Å². The van der Waals surface area contributed by atoms with E-state index in [0.717, 1.165) is 72.8 Å². The number of nitrogen functional groups attached to an aromatic ring is 2. The number of halogens is 10. The molecular weight excluding hydrogens is 1120 g/mol. The minimum absolute atomic E-state index is 0. The van der Waals surface area contributed by atoms with Crippen LogP contribution in [0.2, 0.25) is 0 Å². The van der Waals surface area contributed by atoms with E-state index in [9.17, 15) is 78.9 Å². The van der Waals surface area contributed by atoms with Gasteiger partial charge in [-0.25, -0.2) is 0 Å². The molecule has 6 aromatic carbocycles. The molecule has 0 aliphatic carbocycles. The monoisotopic (exact) mass is 1160 g/mol. The summed E-state index contributed by atoms with van der Waals surface area (Å²) in [5.74, 6) is -1.30. The zero-order valence-electron chi connectivity index (χ0n) is 37.9. The van der Waals surface area contributed by atoms with Crippen molar-refractivity contribution in [3.63, 3.8) is 0 Å². The number of benzene rings is 6. The van der Waals surface area contributed by atoms with Crippen LogP contribution >= 0.6 is 11.6 Å². The molecule has 6 rings (SSSR count). The summed E-state index contributed by atoms with van der Waals surface area (Å²) < 4.78 is 115. The van der Waals surface area contributed by atoms with E-state index < -0.39 is 62.1 Å². The molecule has 0 atom stereocenters. The molecule has 15 nitrogen and oxygen atoms in total. The SMILES string of the molecule is C.CCOC(C)=O.Nc1ccc(NC(=O)c2ccc(C(F)(F)F)cc2)cc1.Nc1ccc([N+](=O)[O-])cc1.O=C(Cl)c1ccc(C(F)(F)F)cc1.O=C(Nc1ccc([N+](=O)[O-])cc1)c1ccc(C(F)(F)F)cc1.[2HH].[CH3-].[Pd]. The zero-order valence-corrected chi connectivity index (χ0v) is 40.2. The predicted molar refractivity (Wildman–Crippen MR) is 259 cm³/mol. The van der Waals surface area contributed by atoms with Gasteiger partial charge < -0.3 is 34.3 Å². The van der Waals surface area contributed by atoms with Gasteiger partial charge in [-0.05, 0) is 140 Å². The van der Waals surface area contributed by atoms with E-state index in [1.807, 2.05) is 0 Å². The van der Waals surface area contributed by atoms with Crippen molar-refractivity contribution in [1.82, 2.24) is 0 Å². The van der Waals surface area contributed by atoms with Crippen molar-refractivity contribution in [3.05, 3.63) is 207 Å². The molecule has 0 unspecified atom stereocenters. The average Bonchev–Trinajstić information content (AvgIpc) is 3.30. The van der Waals surface area contributed by atoms with Crippen LogP contribution in [0.4, 0.5) is 73.6 Å². The van der Waals surface area contributed by atoms with Gasteiger partial charge in [0.15, 0.2) is 0 Å². The third-order valence-electron chi connectivity index (χ3n) is 8.34. The van der Waals surface area contributed by atoms with Gasteiger partial charge in [0.25, 0.3) is 28.4 Å². The number of rotatable bonds is 8. The van der Waals surface area contributed by atoms with Crippen LogP contribution in [0.1, 0.15) is 70.5 Å². The summed E-state index contributed by atoms with van der Waals surface area (Å²) in [4.78, 5) is 63.5. The first-order valence-electron chi connectivity index (χ1n) is 19.6. The smallest absolute Gasteiger partial charge is 0.416 e. The van der Waals surface area contributed by atoms with Crippen LogP contribution in [-0.4, -0.2) is 39.5 Å². The maximum atomic E-state index is 12.4. The minimum atomic E-state index is -4.46. The summed E-state index contributed by atoms with van der Waals surface area (Å²) >= 11 is 5.05. The van der Waals surface area contributed by atoms with E-state index in [2.05, 4.69) is 15.4 Å². The molecular formula is C48H47ClF9N6O9Pd-. The quantitative estimate of drug-likeness (QED) is 0.0163. The molecule has 0 bridgehead atoms. The Hall–Kier alpha value is -7.88. The summed E-state index contributed by atoms with van der Waals surface area (Å²) in [7, 11) is 0. The number of nitro benzene ring substituents is 2. The fourth-order valence-corrected chi connectivity index (χ4v) is 4.98. The number of nitrogens with one attached hydrogen (secondary N) is 2. The van der Waals surface area contributed by atoms with Crippen LogP contribution in [0.25, 0.3) is 0 Å². The first-order valence-corrected chi connectivity index (χ1v) is 20.0. The van der Waals surface area contributed by atoms with Gasteiger partial charge in [-0.3, -0.25) is 39.4 Å². The molecule has 0 spiro atoms. The third kappa shape index (κ3) is 25.0. The van der Waals surface area contributed by atoms with Gasteiger partial charge in [0, 0.05) is 92.5 Å². The standard InChI is InChI=1S/C14H9F3N2O3.C14H11F3N2O.C8H4ClF3O.C6H6N2O2.C4H8O2.CH4.CH3.Pd.H2/c15-14(16,17)10-3-1-9(2-4-10)13(20)18-11-5-7-12(8-6-11)19(21)22;15-14(16,17)10-3-1-9(2-4-10)13(20)19-12-7-5-11(18)6-8-12;9-7(13)5-1-3-6(4-2-5)8(10,11)12;7-5-1-3-6(4-2-5)8(9)10;1-3-6-4(2)5;;;;/h1-8H,(H,18,20);1-8H,18H2,(H,19,20);1-4H;1-4H,7H2;3H2,1-2H3;1H4;1H3;;1H/q;;;;;;-1;;/i;;;;;;;;1+1. The molecule has 0 radical (unpaired) electrons. The third-order valence-corrected chi connectivity index (χ3v) is 8.56. The number of nitrogens with two attached hydrogens (primary N) is 2. The van der Waals surface area contributed by atoms with Crippen LogP contribution in [0.5, 0.6) is 0 Å². The number of hydrogen-bond acceptors (Lipinski definition) is 11. The Morgan fingerprint density at radius 1 is 0.541 bits per heavy atom. The van der Waals surface area contributed by atoms with Crippen LogP contribution < -0.4 is 22.1 Å². The van der Waals surface area contributed by atoms with Crippen LogP contribution in [0, 0.1) is 27.7 Å². The number of ether oxygens (including phenoxy) is 1. The van der Waals surface area contributed by atoms with Crippen molar-refractivity contribution in [3.8, 4) is 0 Å². The van der Waals surface area contributed by atoms with Crippen molar-refractivity contribution in [2.75, 3.05) is 28.7 Å². The van der Waals surface area contributed by atoms with Crippen molar-refractivity contribution in [1.29, 1.82) is 0 Å². The summed E-state index contributed by atoms with van der Waals surface area (Å²) in [6.07, 6.45) is -13.3. The molecule has 6 N–H and O–H groups in total. The van der Waals surface area contributed by atoms with E-state index in [-0.39, 0.29) is 70.7 Å². The molecule has 0 saturated carbocycles. The summed E-state index contributed by atoms with van der Waals surface area (Å²) in [5.41, 5.74) is 10.5. The maximum Gasteiger partial charge on any atom is 0.416 e. The van der Waals surface area contributed by atoms with Gasteiger partial charge in [-0.1, -0.05) is 7.43 Å². The summed E-state index contributed by atoms with van der Waals surface area (Å²) in [5, 5.41) is 24.8. The van der Waals surface area contributed by atoms with E-state index in [0.29, 0.717) is 29.4 Å². The van der Waals surface area contributed by atoms with Gasteiger partial charge >= 0.3 is 24.5 Å². The Bertz CT molecular complexity index is 2720. The molecule has 0 saturated heterocycles. The van der Waals surface area contributed by atoms with E-state index in [1.54, 1.807) is 31.2 Å². The van der Waals surface area contributed by atoms with E-state index in [1.165, 1.54) is 55.5 Å². The number of carbonyl (C=O) groups is 4. The second-order valence-corrected chi connectivity index (χ2v) is 13.9. The number of non-ortho nitro benzene ring substituents is 2. The maximum absolute atomic E-state index is 12.4. The first kappa shape index (κ1) is 68.2. The summed E-state index contributed by atoms with van der Waals surface area (Å²) in [6.45, 7) is 3.65. The molecule has 0 aliphatic heterocycles. The van der Waals surface area contributed by atoms with Crippen LogP contribution in [-0.2, 0) is 48.5 Å². The van der Waals surface area contributed by atoms with E-state index in [4.69, 9.17) is 23.1 Å². The number of carbonyl (C=O) groups excluding carboxylic acids is 4. The van der Waals surface area contributed by atoms with Crippen molar-refractivity contribution >= 4 is 68.8 Å². The fourth-order valence-electron chi connectivity index (χ4n) is 4.85. The Kier molecular flexibility index (Phi) is 29.1. The van der Waals surface area contributed by atoms with Crippen LogP contribution in [0.3, 0.4) is 0 Å². The molecule has 0 fully saturated rings. The Labute approximate surface area is 437 Å². The van der Waals surface area contributed by atoms with Crippen LogP contribution in [0.15, 0.2) is 146 Å². The van der Waals surface area contributed by atoms with Gasteiger partial charge in [0.2, 0.25) is 0 Å². The Morgan fingerprint density at radius 2 is 0.797 bits per heavy atom. The van der Waals surface area contributed by atoms with E-state index >= 15 is 0 Å². The van der Waals surface area contributed by atoms with Crippen molar-refractivity contribution in [2.24, 2.45) is 0 Å². The van der Waals surface area contributed by atoms with Gasteiger partial charge in [-0.2, -0.15) is 39.5 Å². The number of nitro groups is 2. The second kappa shape index (κ2) is 31.6. The molecule has 2 amide bonds. The first-order chi connectivity index (χ1) is 33.0. The van der Waals surface area contributed by atoms with Crippen molar-refractivity contribution in [2.45, 2.75) is 39.8 Å². The molecule has 6 aromatic rings. The normalized spacial score (nSPS) is 10.2. The number of nitrogens with zero attached hydrogens (tertiary/aromatic N) is 2. The zero-order chi connectivity index (χ0) is 53.7. The number of alkyl halides is 9. The van der Waals surface area contributed by atoms with Gasteiger partial charge in [-0.15, -0.1) is 0 Å². The molecule has 404 valence electrons. The summed E-state index contributed by atoms with van der Waals surface area (Å²) in [6, 6.07) is 28.7. The number of hydrogen-bond donors (Lipinski definition) is 4. The predicted octanol–water partition coefficient (Wildman–Crippen LogP) is 13.6. The van der Waals surface area contributed by atoms with Crippen molar-refractivity contribution < 1.29 is 95.1 Å². The molecule has 0 aromatic heterocycles. The largest absolute Gasteiger partial charge is 0.466 e. The number of esters is 1. The number of anilines is 4. The molecule has 74 heavy (non-hydrogen) atoms. The molecule has 0 aliphatic rings. The molecule has 26 heteroatoms. The molecule has 0 heterocycles. The average molecular weight is 1170 g/mol. The topological polar surface area (TPSA) is 240 Å². The second-order valence-electron chi connectivity index (χ2n) is 13.6. The Morgan fingerprint density at radius 3 is 1.03 bits per heavy atom. The fraction of sp³-hybridized carbons (Fsp3) is 0.146. The van der Waals surface area contributed by atoms with Gasteiger partial charge in [0.05, 0.1) is 33.1 Å². The number of amides is 2. The minimum Gasteiger partial charge on any atom is -0.466 e.